The summed E-state index contributed by atoms with van der Waals surface area (Å²) >= 11 is 5.68. The van der Waals surface area contributed by atoms with Crippen LogP contribution in [0.5, 0.6) is 0 Å². The van der Waals surface area contributed by atoms with E-state index in [2.05, 4.69) is 15.8 Å². The Morgan fingerprint density at radius 2 is 1.85 bits per heavy atom. The van der Waals surface area contributed by atoms with Gasteiger partial charge in [-0.2, -0.15) is 0 Å². The van der Waals surface area contributed by atoms with Gasteiger partial charge < -0.3 is 0 Å². The number of nitrogens with zero attached hydrogens (tertiary/aromatic N) is 1. The highest BCUT2D eigenvalue weighted by atomic mass is 35.5. The Bertz CT molecular complexity index is 649. The van der Waals surface area contributed by atoms with Crippen LogP contribution in [0.1, 0.15) is 20.8 Å². The van der Waals surface area contributed by atoms with Crippen LogP contribution in [0.3, 0.4) is 0 Å². The number of carbonyl (C=O) groups is 2. The zero-order valence-electron chi connectivity index (χ0n) is 10.1. The highest BCUT2D eigenvalue weighted by molar-refractivity contribution is 6.31. The molecule has 0 unspecified atom stereocenters. The Kier molecular flexibility index (Phi) is 4.27. The van der Waals surface area contributed by atoms with E-state index in [9.17, 15) is 14.0 Å². The van der Waals surface area contributed by atoms with E-state index in [0.29, 0.717) is 0 Å². The van der Waals surface area contributed by atoms with Crippen molar-refractivity contribution < 1.29 is 14.0 Å². The van der Waals surface area contributed by atoms with E-state index < -0.39 is 17.6 Å². The zero-order chi connectivity index (χ0) is 14.5. The summed E-state index contributed by atoms with van der Waals surface area (Å²) in [4.78, 5) is 27.1. The largest absolute Gasteiger partial charge is 0.288 e. The van der Waals surface area contributed by atoms with Crippen molar-refractivity contribution in [1.29, 1.82) is 0 Å². The Labute approximate surface area is 118 Å². The molecule has 0 radical (unpaired) electrons. The molecule has 0 saturated carbocycles. The van der Waals surface area contributed by atoms with Gasteiger partial charge in [-0.15, -0.1) is 0 Å². The molecule has 0 saturated heterocycles. The van der Waals surface area contributed by atoms with Crippen LogP contribution in [0.15, 0.2) is 42.6 Å². The lowest BCUT2D eigenvalue weighted by atomic mass is 10.2. The third-order valence-electron chi connectivity index (χ3n) is 2.36. The van der Waals surface area contributed by atoms with Gasteiger partial charge in [-0.3, -0.25) is 25.4 Å². The number of hydrogen-bond acceptors (Lipinski definition) is 3. The third kappa shape index (κ3) is 3.30. The van der Waals surface area contributed by atoms with E-state index in [4.69, 9.17) is 11.6 Å². The molecule has 1 heterocycles. The van der Waals surface area contributed by atoms with Crippen molar-refractivity contribution >= 4 is 23.4 Å². The van der Waals surface area contributed by atoms with Gasteiger partial charge in [0.1, 0.15) is 11.5 Å². The molecule has 2 amide bonds. The first-order valence-corrected chi connectivity index (χ1v) is 5.92. The molecule has 2 rings (SSSR count). The molecule has 1 aromatic carbocycles. The number of benzene rings is 1. The first kappa shape index (κ1) is 14.0. The average molecular weight is 294 g/mol. The first-order chi connectivity index (χ1) is 9.58. The van der Waals surface area contributed by atoms with Gasteiger partial charge >= 0.3 is 0 Å². The molecule has 0 aliphatic carbocycles. The second-order valence-electron chi connectivity index (χ2n) is 3.75. The maximum absolute atomic E-state index is 13.4. The third-order valence-corrected chi connectivity index (χ3v) is 2.60. The van der Waals surface area contributed by atoms with E-state index in [1.807, 2.05) is 0 Å². The molecule has 0 aliphatic rings. The number of amides is 2. The van der Waals surface area contributed by atoms with Crippen LogP contribution in [-0.4, -0.2) is 16.8 Å². The van der Waals surface area contributed by atoms with Crippen LogP contribution in [0.2, 0.25) is 5.02 Å². The van der Waals surface area contributed by atoms with E-state index >= 15 is 0 Å². The SMILES string of the molecule is O=C(NNC(=O)c1cc(Cl)ccc1F)c1ccccn1. The zero-order valence-corrected chi connectivity index (χ0v) is 10.8. The quantitative estimate of drug-likeness (QED) is 0.831. The molecule has 2 N–H and O–H groups in total. The molecule has 0 bridgehead atoms. The summed E-state index contributed by atoms with van der Waals surface area (Å²) in [7, 11) is 0. The number of aromatic nitrogens is 1. The summed E-state index contributed by atoms with van der Waals surface area (Å²) in [6, 6.07) is 8.30. The van der Waals surface area contributed by atoms with Crippen LogP contribution in [0.4, 0.5) is 4.39 Å². The van der Waals surface area contributed by atoms with E-state index in [1.165, 1.54) is 24.4 Å². The lowest BCUT2D eigenvalue weighted by Crippen LogP contribution is -2.42. The predicted octanol–water partition coefficient (Wildman–Crippen LogP) is 1.95. The monoisotopic (exact) mass is 293 g/mol. The van der Waals surface area contributed by atoms with E-state index in [-0.39, 0.29) is 16.3 Å². The topological polar surface area (TPSA) is 71.1 Å². The van der Waals surface area contributed by atoms with Crippen molar-refractivity contribution in [2.45, 2.75) is 0 Å². The molecular weight excluding hydrogens is 285 g/mol. The summed E-state index contributed by atoms with van der Waals surface area (Å²) in [5, 5.41) is 0.215. The molecule has 2 aromatic rings. The molecule has 0 spiro atoms. The predicted molar refractivity (Wildman–Crippen MR) is 70.6 cm³/mol. The Morgan fingerprint density at radius 1 is 1.10 bits per heavy atom. The number of rotatable bonds is 2. The van der Waals surface area contributed by atoms with Gasteiger partial charge in [0, 0.05) is 11.2 Å². The lowest BCUT2D eigenvalue weighted by molar-refractivity contribution is 0.0841. The number of carbonyl (C=O) groups excluding carboxylic acids is 2. The van der Waals surface area contributed by atoms with E-state index in [1.54, 1.807) is 12.1 Å². The minimum absolute atomic E-state index is 0.124. The Morgan fingerprint density at radius 3 is 2.55 bits per heavy atom. The molecule has 7 heteroatoms. The summed E-state index contributed by atoms with van der Waals surface area (Å²) in [5.74, 6) is -2.16. The highest BCUT2D eigenvalue weighted by Gasteiger charge is 2.13. The average Bonchev–Trinajstić information content (AvgIpc) is 2.47. The van der Waals surface area contributed by atoms with Gasteiger partial charge in [0.05, 0.1) is 5.56 Å². The van der Waals surface area contributed by atoms with Gasteiger partial charge in [0.2, 0.25) is 0 Å². The Hall–Kier alpha value is -2.47. The molecule has 0 atom stereocenters. The van der Waals surface area contributed by atoms with Crippen molar-refractivity contribution in [3.8, 4) is 0 Å². The minimum Gasteiger partial charge on any atom is -0.267 e. The van der Waals surface area contributed by atoms with Crippen molar-refractivity contribution in [1.82, 2.24) is 15.8 Å². The van der Waals surface area contributed by atoms with Crippen LogP contribution >= 0.6 is 11.6 Å². The number of nitrogens with one attached hydrogen (secondary N) is 2. The number of halogens is 2. The van der Waals surface area contributed by atoms with Gasteiger partial charge in [-0.25, -0.2) is 4.39 Å². The standard InChI is InChI=1S/C13H9ClFN3O2/c14-8-4-5-10(15)9(7-8)12(19)17-18-13(20)11-3-1-2-6-16-11/h1-7H,(H,17,19)(H,18,20). The molecule has 1 aromatic heterocycles. The summed E-state index contributed by atoms with van der Waals surface area (Å²) < 4.78 is 13.4. The van der Waals surface area contributed by atoms with Crippen molar-refractivity contribution in [3.63, 3.8) is 0 Å². The summed E-state index contributed by atoms with van der Waals surface area (Å²) in [6.45, 7) is 0. The molecule has 20 heavy (non-hydrogen) atoms. The van der Waals surface area contributed by atoms with Crippen LogP contribution in [0.25, 0.3) is 0 Å². The maximum atomic E-state index is 13.4. The highest BCUT2D eigenvalue weighted by Crippen LogP contribution is 2.14. The Balaban J connectivity index is 2.02. The molecule has 0 fully saturated rings. The minimum atomic E-state index is -0.811. The molecular formula is C13H9ClFN3O2. The lowest BCUT2D eigenvalue weighted by Gasteiger charge is -2.07. The fourth-order valence-electron chi connectivity index (χ4n) is 1.41. The number of hydrazine groups is 1. The molecule has 5 nitrogen and oxygen atoms in total. The van der Waals surface area contributed by atoms with Gasteiger partial charge in [-0.1, -0.05) is 17.7 Å². The second-order valence-corrected chi connectivity index (χ2v) is 4.18. The number of pyridine rings is 1. The van der Waals surface area contributed by atoms with Gasteiger partial charge in [-0.05, 0) is 30.3 Å². The summed E-state index contributed by atoms with van der Waals surface area (Å²) in [6.07, 6.45) is 1.44. The fraction of sp³-hybridized carbons (Fsp3) is 0. The van der Waals surface area contributed by atoms with Crippen LogP contribution in [0, 0.1) is 5.82 Å². The number of hydrogen-bond donors (Lipinski definition) is 2. The normalized spacial score (nSPS) is 9.90. The van der Waals surface area contributed by atoms with E-state index in [0.717, 1.165) is 6.07 Å². The van der Waals surface area contributed by atoms with Crippen molar-refractivity contribution in [2.24, 2.45) is 0 Å². The van der Waals surface area contributed by atoms with Crippen LogP contribution < -0.4 is 10.9 Å². The smallest absolute Gasteiger partial charge is 0.267 e. The maximum Gasteiger partial charge on any atom is 0.288 e. The molecule has 0 aliphatic heterocycles. The summed E-state index contributed by atoms with van der Waals surface area (Å²) in [5.41, 5.74) is 4.08. The molecule has 102 valence electrons. The van der Waals surface area contributed by atoms with Gasteiger partial charge in [0.25, 0.3) is 11.8 Å². The van der Waals surface area contributed by atoms with Crippen molar-refractivity contribution in [3.05, 3.63) is 64.7 Å². The second kappa shape index (κ2) is 6.12. The van der Waals surface area contributed by atoms with Crippen LogP contribution in [-0.2, 0) is 0 Å². The fourth-order valence-corrected chi connectivity index (χ4v) is 1.59. The van der Waals surface area contributed by atoms with Gasteiger partial charge in [0.15, 0.2) is 0 Å². The first-order valence-electron chi connectivity index (χ1n) is 5.54. The van der Waals surface area contributed by atoms with Crippen molar-refractivity contribution in [2.75, 3.05) is 0 Å².